The maximum atomic E-state index is 5.99. The fraction of sp³-hybridized carbons (Fsp3) is 0.417. The van der Waals surface area contributed by atoms with Gasteiger partial charge in [0.25, 0.3) is 0 Å². The van der Waals surface area contributed by atoms with E-state index in [9.17, 15) is 0 Å². The van der Waals surface area contributed by atoms with Crippen LogP contribution >= 0.6 is 0 Å². The summed E-state index contributed by atoms with van der Waals surface area (Å²) in [7, 11) is 0. The Morgan fingerprint density at radius 3 is 2.41 bits per heavy atom. The molecule has 0 radical (unpaired) electrons. The van der Waals surface area contributed by atoms with Crippen molar-refractivity contribution in [1.82, 2.24) is 9.47 Å². The van der Waals surface area contributed by atoms with Crippen molar-refractivity contribution in [3.8, 4) is 5.75 Å². The van der Waals surface area contributed by atoms with Gasteiger partial charge in [0, 0.05) is 24.3 Å². The molecule has 1 aromatic heterocycles. The minimum atomic E-state index is 0.778. The van der Waals surface area contributed by atoms with E-state index in [1.807, 2.05) is 0 Å². The van der Waals surface area contributed by atoms with Gasteiger partial charge in [-0.25, -0.2) is 0 Å². The van der Waals surface area contributed by atoms with E-state index in [0.717, 1.165) is 25.4 Å². The number of fused-ring (bicyclic) bond motifs is 1. The molecule has 0 N–H and O–H groups in total. The molecule has 1 saturated heterocycles. The van der Waals surface area contributed by atoms with Gasteiger partial charge in [-0.15, -0.1) is 0 Å². The highest BCUT2D eigenvalue weighted by Gasteiger charge is 2.09. The third-order valence-corrected chi connectivity index (χ3v) is 5.66. The van der Waals surface area contributed by atoms with Crippen LogP contribution in [-0.2, 0) is 6.54 Å². The van der Waals surface area contributed by atoms with Crippen LogP contribution in [0.15, 0.2) is 54.6 Å². The molecule has 0 spiro atoms. The summed E-state index contributed by atoms with van der Waals surface area (Å²) in [6, 6.07) is 19.4. The number of hydrogen-bond acceptors (Lipinski definition) is 2. The number of para-hydroxylation sites is 1. The third-order valence-electron chi connectivity index (χ3n) is 5.66. The molecule has 3 nitrogen and oxygen atoms in total. The van der Waals surface area contributed by atoms with Gasteiger partial charge in [-0.05, 0) is 68.1 Å². The predicted octanol–water partition coefficient (Wildman–Crippen LogP) is 5.25. The van der Waals surface area contributed by atoms with Crippen LogP contribution < -0.4 is 4.74 Å². The summed E-state index contributed by atoms with van der Waals surface area (Å²) in [5, 5.41) is 1.31. The first kappa shape index (κ1) is 18.1. The van der Waals surface area contributed by atoms with Crippen LogP contribution in [0.5, 0.6) is 5.75 Å². The smallest absolute Gasteiger partial charge is 0.119 e. The van der Waals surface area contributed by atoms with Gasteiger partial charge in [-0.3, -0.25) is 4.90 Å². The van der Waals surface area contributed by atoms with Crippen molar-refractivity contribution in [1.29, 1.82) is 0 Å². The summed E-state index contributed by atoms with van der Waals surface area (Å²) in [6.07, 6.45) is 5.44. The molecule has 0 aliphatic carbocycles. The van der Waals surface area contributed by atoms with Crippen molar-refractivity contribution in [2.75, 3.05) is 26.2 Å². The van der Waals surface area contributed by atoms with Gasteiger partial charge in [0.2, 0.25) is 0 Å². The Morgan fingerprint density at radius 2 is 1.63 bits per heavy atom. The number of hydrogen-bond donors (Lipinski definition) is 0. The average molecular weight is 363 g/mol. The molecule has 0 unspecified atom stereocenters. The molecular formula is C24H30N2O. The van der Waals surface area contributed by atoms with Crippen molar-refractivity contribution in [3.63, 3.8) is 0 Å². The van der Waals surface area contributed by atoms with Crippen molar-refractivity contribution < 1.29 is 4.74 Å². The molecule has 0 bridgehead atoms. The fourth-order valence-electron chi connectivity index (χ4n) is 4.08. The van der Waals surface area contributed by atoms with E-state index < -0.39 is 0 Å². The second-order valence-electron chi connectivity index (χ2n) is 7.68. The molecule has 2 heterocycles. The number of nitrogens with zero attached hydrogens (tertiary/aromatic N) is 2. The number of aromatic nitrogens is 1. The monoisotopic (exact) mass is 362 g/mol. The molecule has 4 rings (SSSR count). The molecule has 0 atom stereocenters. The van der Waals surface area contributed by atoms with Gasteiger partial charge < -0.3 is 9.30 Å². The van der Waals surface area contributed by atoms with Crippen molar-refractivity contribution >= 4 is 10.9 Å². The van der Waals surface area contributed by atoms with Crippen LogP contribution in [0.3, 0.4) is 0 Å². The summed E-state index contributed by atoms with van der Waals surface area (Å²) in [4.78, 5) is 2.54. The Hall–Kier alpha value is -2.26. The van der Waals surface area contributed by atoms with Crippen molar-refractivity contribution in [2.24, 2.45) is 0 Å². The molecule has 3 heteroatoms. The molecule has 27 heavy (non-hydrogen) atoms. The Bertz CT molecular complexity index is 858. The Balaban J connectivity index is 1.34. The zero-order valence-electron chi connectivity index (χ0n) is 16.4. The number of likely N-dealkylation sites (tertiary alicyclic amines) is 1. The van der Waals surface area contributed by atoms with Crippen molar-refractivity contribution in [2.45, 2.75) is 39.2 Å². The standard InChI is InChI=1S/C24H30N2O/c1-20-18-22-8-4-5-9-24(22)26(20)19-21-10-12-23(13-11-21)27-17-16-25-14-6-2-3-7-15-25/h4-5,8-13,18H,2-3,6-7,14-17,19H2,1H3. The van der Waals surface area contributed by atoms with Crippen LogP contribution in [0.1, 0.15) is 36.9 Å². The topological polar surface area (TPSA) is 17.4 Å². The van der Waals surface area contributed by atoms with E-state index in [4.69, 9.17) is 4.74 Å². The first-order valence-electron chi connectivity index (χ1n) is 10.3. The molecule has 0 saturated carbocycles. The van der Waals surface area contributed by atoms with Crippen molar-refractivity contribution in [3.05, 3.63) is 65.9 Å². The molecule has 142 valence electrons. The van der Waals surface area contributed by atoms with E-state index in [1.54, 1.807) is 0 Å². The summed E-state index contributed by atoms with van der Waals surface area (Å²) in [5.41, 5.74) is 3.90. The van der Waals surface area contributed by atoms with Gasteiger partial charge in [-0.1, -0.05) is 43.2 Å². The van der Waals surface area contributed by atoms with E-state index in [-0.39, 0.29) is 0 Å². The lowest BCUT2D eigenvalue weighted by molar-refractivity contribution is 0.214. The maximum Gasteiger partial charge on any atom is 0.119 e. The van der Waals surface area contributed by atoms with Crippen LogP contribution in [-0.4, -0.2) is 35.7 Å². The van der Waals surface area contributed by atoms with Crippen LogP contribution in [0.4, 0.5) is 0 Å². The Labute approximate surface area is 162 Å². The van der Waals surface area contributed by atoms with Crippen LogP contribution in [0.25, 0.3) is 10.9 Å². The molecule has 1 aliphatic rings. The lowest BCUT2D eigenvalue weighted by Crippen LogP contribution is -2.29. The van der Waals surface area contributed by atoms with Gasteiger partial charge in [0.05, 0.1) is 0 Å². The third kappa shape index (κ3) is 4.54. The first-order chi connectivity index (χ1) is 13.3. The summed E-state index contributed by atoms with van der Waals surface area (Å²) < 4.78 is 8.36. The highest BCUT2D eigenvalue weighted by molar-refractivity contribution is 5.81. The van der Waals surface area contributed by atoms with Gasteiger partial charge in [-0.2, -0.15) is 0 Å². The zero-order valence-corrected chi connectivity index (χ0v) is 16.4. The zero-order chi connectivity index (χ0) is 18.5. The molecule has 0 amide bonds. The van der Waals surface area contributed by atoms with Crippen LogP contribution in [0.2, 0.25) is 0 Å². The summed E-state index contributed by atoms with van der Waals surface area (Å²) in [6.45, 7) is 7.35. The number of aryl methyl sites for hydroxylation is 1. The molecule has 1 aliphatic heterocycles. The second kappa shape index (κ2) is 8.62. The summed E-state index contributed by atoms with van der Waals surface area (Å²) in [5.74, 6) is 0.975. The largest absolute Gasteiger partial charge is 0.492 e. The predicted molar refractivity (Wildman–Crippen MR) is 113 cm³/mol. The van der Waals surface area contributed by atoms with Gasteiger partial charge >= 0.3 is 0 Å². The number of ether oxygens (including phenoxy) is 1. The van der Waals surface area contributed by atoms with E-state index in [0.29, 0.717) is 0 Å². The highest BCUT2D eigenvalue weighted by Crippen LogP contribution is 2.21. The Morgan fingerprint density at radius 1 is 0.889 bits per heavy atom. The summed E-state index contributed by atoms with van der Waals surface area (Å²) >= 11 is 0. The molecule has 3 aromatic rings. The average Bonchev–Trinajstić information content (AvgIpc) is 2.86. The quantitative estimate of drug-likeness (QED) is 0.596. The lowest BCUT2D eigenvalue weighted by atomic mass is 10.2. The molecule has 1 fully saturated rings. The maximum absolute atomic E-state index is 5.99. The number of rotatable bonds is 6. The van der Waals surface area contributed by atoms with E-state index in [1.165, 1.54) is 60.9 Å². The second-order valence-corrected chi connectivity index (χ2v) is 7.68. The number of benzene rings is 2. The SMILES string of the molecule is Cc1cc2ccccc2n1Cc1ccc(OCCN2CCCCCC2)cc1. The minimum Gasteiger partial charge on any atom is -0.492 e. The first-order valence-corrected chi connectivity index (χ1v) is 10.3. The fourth-order valence-corrected chi connectivity index (χ4v) is 4.08. The minimum absolute atomic E-state index is 0.778. The van der Waals surface area contributed by atoms with E-state index in [2.05, 4.69) is 71.0 Å². The normalized spacial score (nSPS) is 15.7. The highest BCUT2D eigenvalue weighted by atomic mass is 16.5. The Kier molecular flexibility index (Phi) is 5.78. The van der Waals surface area contributed by atoms with E-state index >= 15 is 0 Å². The lowest BCUT2D eigenvalue weighted by Gasteiger charge is -2.19. The van der Waals surface area contributed by atoms with Gasteiger partial charge in [0.1, 0.15) is 12.4 Å². The van der Waals surface area contributed by atoms with Gasteiger partial charge in [0.15, 0.2) is 0 Å². The van der Waals surface area contributed by atoms with Crippen LogP contribution in [0, 0.1) is 6.92 Å². The molecular weight excluding hydrogens is 332 g/mol. The molecule has 2 aromatic carbocycles.